The minimum Gasteiger partial charge on any atom is -0.495 e. The van der Waals surface area contributed by atoms with Crippen LogP contribution >= 0.6 is 0 Å². The number of nitrogens with zero attached hydrogens (tertiary/aromatic N) is 2. The quantitative estimate of drug-likeness (QED) is 0.834. The molecule has 0 saturated carbocycles. The molecule has 0 aliphatic carbocycles. The molecule has 1 amide bonds. The predicted octanol–water partition coefficient (Wildman–Crippen LogP) is 1.07. The van der Waals surface area contributed by atoms with E-state index >= 15 is 0 Å². The normalized spacial score (nSPS) is 16.0. The first kappa shape index (κ1) is 14.8. The van der Waals surface area contributed by atoms with Gasteiger partial charge in [-0.3, -0.25) is 4.79 Å². The summed E-state index contributed by atoms with van der Waals surface area (Å²) in [4.78, 5) is 13.6. The Morgan fingerprint density at radius 1 is 1.30 bits per heavy atom. The molecule has 0 aromatic heterocycles. The summed E-state index contributed by atoms with van der Waals surface area (Å²) in [6.45, 7) is 0.584. The fraction of sp³-hybridized carbons (Fsp3) is 0.462. The molecule has 0 atom stereocenters. The number of hydrogen-bond donors (Lipinski definition) is 0. The van der Waals surface area contributed by atoms with Crippen LogP contribution in [0.1, 0.15) is 12.8 Å². The molecule has 6 nitrogen and oxygen atoms in total. The van der Waals surface area contributed by atoms with Crippen LogP contribution in [0.25, 0.3) is 0 Å². The van der Waals surface area contributed by atoms with Gasteiger partial charge in [0.05, 0.1) is 17.7 Å². The Kier molecular flexibility index (Phi) is 4.01. The van der Waals surface area contributed by atoms with E-state index in [4.69, 9.17) is 4.74 Å². The van der Waals surface area contributed by atoms with Crippen LogP contribution in [-0.2, 0) is 14.8 Å². The van der Waals surface area contributed by atoms with Gasteiger partial charge in [0.15, 0.2) is 0 Å². The van der Waals surface area contributed by atoms with Gasteiger partial charge in [-0.25, -0.2) is 12.7 Å². The number of anilines is 1. The van der Waals surface area contributed by atoms with Gasteiger partial charge in [0.2, 0.25) is 15.9 Å². The maximum absolute atomic E-state index is 12.2. The summed E-state index contributed by atoms with van der Waals surface area (Å²) in [5.41, 5.74) is 0.512. The standard InChI is InChI=1S/C13H18N2O4S/c1-14(2)20(17,18)10-6-7-12(19-3)11(9-10)15-8-4-5-13(15)16/h6-7,9H,4-5,8H2,1-3H3. The summed E-state index contributed by atoms with van der Waals surface area (Å²) < 4.78 is 30.7. The minimum absolute atomic E-state index is 0.0114. The molecule has 0 bridgehead atoms. The molecule has 1 fully saturated rings. The van der Waals surface area contributed by atoms with Crippen LogP contribution in [0.5, 0.6) is 5.75 Å². The molecule has 1 heterocycles. The Morgan fingerprint density at radius 2 is 2.00 bits per heavy atom. The average Bonchev–Trinajstić information content (AvgIpc) is 2.83. The molecule has 0 N–H and O–H groups in total. The first-order valence-corrected chi connectivity index (χ1v) is 7.73. The highest BCUT2D eigenvalue weighted by atomic mass is 32.2. The van der Waals surface area contributed by atoms with Gasteiger partial charge in [0.1, 0.15) is 5.75 Å². The third-order valence-electron chi connectivity index (χ3n) is 3.29. The summed E-state index contributed by atoms with van der Waals surface area (Å²) in [7, 11) is 0.913. The van der Waals surface area contributed by atoms with E-state index < -0.39 is 10.0 Å². The van der Waals surface area contributed by atoms with E-state index in [2.05, 4.69) is 0 Å². The lowest BCUT2D eigenvalue weighted by Gasteiger charge is -2.20. The molecule has 0 unspecified atom stereocenters. The largest absolute Gasteiger partial charge is 0.495 e. The van der Waals surface area contributed by atoms with Crippen molar-refractivity contribution in [1.82, 2.24) is 4.31 Å². The number of amides is 1. The van der Waals surface area contributed by atoms with Crippen molar-refractivity contribution in [2.75, 3.05) is 32.6 Å². The number of carbonyl (C=O) groups excluding carboxylic acids is 1. The molecule has 1 aromatic rings. The Bertz CT molecular complexity index is 625. The number of sulfonamides is 1. The Balaban J connectivity index is 2.52. The van der Waals surface area contributed by atoms with Gasteiger partial charge in [-0.1, -0.05) is 0 Å². The fourth-order valence-electron chi connectivity index (χ4n) is 2.15. The third-order valence-corrected chi connectivity index (χ3v) is 5.10. The molecule has 110 valence electrons. The van der Waals surface area contributed by atoms with E-state index in [-0.39, 0.29) is 10.8 Å². The van der Waals surface area contributed by atoms with Crippen LogP contribution in [0.4, 0.5) is 5.69 Å². The number of rotatable bonds is 4. The number of carbonyl (C=O) groups is 1. The van der Waals surface area contributed by atoms with Crippen molar-refractivity contribution in [1.29, 1.82) is 0 Å². The van der Waals surface area contributed by atoms with Gasteiger partial charge in [-0.15, -0.1) is 0 Å². The average molecular weight is 298 g/mol. The van der Waals surface area contributed by atoms with Crippen LogP contribution < -0.4 is 9.64 Å². The lowest BCUT2D eigenvalue weighted by atomic mass is 10.2. The predicted molar refractivity (Wildman–Crippen MR) is 75.5 cm³/mol. The molecular weight excluding hydrogens is 280 g/mol. The van der Waals surface area contributed by atoms with E-state index in [0.717, 1.165) is 10.7 Å². The molecule has 7 heteroatoms. The summed E-state index contributed by atoms with van der Waals surface area (Å²) in [5.74, 6) is 0.487. The van der Waals surface area contributed by atoms with E-state index in [1.807, 2.05) is 0 Å². The molecule has 1 saturated heterocycles. The topological polar surface area (TPSA) is 66.9 Å². The Morgan fingerprint density at radius 3 is 2.50 bits per heavy atom. The first-order chi connectivity index (χ1) is 9.37. The van der Waals surface area contributed by atoms with Crippen molar-refractivity contribution in [2.24, 2.45) is 0 Å². The maximum Gasteiger partial charge on any atom is 0.242 e. The Labute approximate surface area is 119 Å². The molecule has 1 aliphatic heterocycles. The number of hydrogen-bond acceptors (Lipinski definition) is 4. The second kappa shape index (κ2) is 5.41. The second-order valence-electron chi connectivity index (χ2n) is 4.77. The van der Waals surface area contributed by atoms with Crippen molar-refractivity contribution in [2.45, 2.75) is 17.7 Å². The molecule has 2 rings (SSSR count). The number of methoxy groups -OCH3 is 1. The van der Waals surface area contributed by atoms with E-state index in [1.54, 1.807) is 11.0 Å². The monoisotopic (exact) mass is 298 g/mol. The van der Waals surface area contributed by atoms with Crippen molar-refractivity contribution in [3.8, 4) is 5.75 Å². The van der Waals surface area contributed by atoms with Crippen LogP contribution in [0, 0.1) is 0 Å². The van der Waals surface area contributed by atoms with E-state index in [0.29, 0.717) is 24.4 Å². The lowest BCUT2D eigenvalue weighted by Crippen LogP contribution is -2.26. The van der Waals surface area contributed by atoms with Gasteiger partial charge in [-0.05, 0) is 24.6 Å². The van der Waals surface area contributed by atoms with E-state index in [1.165, 1.54) is 33.3 Å². The summed E-state index contributed by atoms with van der Waals surface area (Å²) in [6.07, 6.45) is 1.25. The third kappa shape index (κ3) is 2.51. The van der Waals surface area contributed by atoms with Crippen molar-refractivity contribution < 1.29 is 17.9 Å². The van der Waals surface area contributed by atoms with Gasteiger partial charge in [0, 0.05) is 27.1 Å². The van der Waals surface area contributed by atoms with Crippen molar-refractivity contribution in [3.63, 3.8) is 0 Å². The highest BCUT2D eigenvalue weighted by molar-refractivity contribution is 7.89. The highest BCUT2D eigenvalue weighted by Crippen LogP contribution is 2.34. The maximum atomic E-state index is 12.2. The summed E-state index contributed by atoms with van der Waals surface area (Å²) in [5, 5.41) is 0. The first-order valence-electron chi connectivity index (χ1n) is 6.29. The molecule has 20 heavy (non-hydrogen) atoms. The SMILES string of the molecule is COc1ccc(S(=O)(=O)N(C)C)cc1N1CCCC1=O. The molecule has 0 radical (unpaired) electrons. The molecule has 1 aliphatic rings. The zero-order valence-corrected chi connectivity index (χ0v) is 12.6. The van der Waals surface area contributed by atoms with Crippen molar-refractivity contribution >= 4 is 21.6 Å². The molecule has 0 spiro atoms. The Hall–Kier alpha value is -1.60. The molecular formula is C13H18N2O4S. The summed E-state index contributed by atoms with van der Waals surface area (Å²) >= 11 is 0. The number of benzene rings is 1. The van der Waals surface area contributed by atoms with Crippen LogP contribution in [0.2, 0.25) is 0 Å². The zero-order chi connectivity index (χ0) is 14.9. The van der Waals surface area contributed by atoms with Gasteiger partial charge >= 0.3 is 0 Å². The minimum atomic E-state index is -3.53. The highest BCUT2D eigenvalue weighted by Gasteiger charge is 2.27. The van der Waals surface area contributed by atoms with Crippen LogP contribution in [-0.4, -0.2) is 46.4 Å². The smallest absolute Gasteiger partial charge is 0.242 e. The lowest BCUT2D eigenvalue weighted by molar-refractivity contribution is -0.117. The fourth-order valence-corrected chi connectivity index (χ4v) is 3.08. The van der Waals surface area contributed by atoms with Gasteiger partial charge < -0.3 is 9.64 Å². The summed E-state index contributed by atoms with van der Waals surface area (Å²) in [6, 6.07) is 4.56. The van der Waals surface area contributed by atoms with E-state index in [9.17, 15) is 13.2 Å². The van der Waals surface area contributed by atoms with Crippen molar-refractivity contribution in [3.05, 3.63) is 18.2 Å². The van der Waals surface area contributed by atoms with Crippen LogP contribution in [0.15, 0.2) is 23.1 Å². The number of ether oxygens (including phenoxy) is 1. The zero-order valence-electron chi connectivity index (χ0n) is 11.8. The second-order valence-corrected chi connectivity index (χ2v) is 6.92. The van der Waals surface area contributed by atoms with Crippen LogP contribution in [0.3, 0.4) is 0 Å². The van der Waals surface area contributed by atoms with Gasteiger partial charge in [-0.2, -0.15) is 0 Å². The van der Waals surface area contributed by atoms with Gasteiger partial charge in [0.25, 0.3) is 0 Å². The molecule has 1 aromatic carbocycles.